The number of fused-ring (bicyclic) bond motifs is 2. The third-order valence-corrected chi connectivity index (χ3v) is 7.60. The number of aromatic nitrogens is 6. The number of imidazole rings is 1. The minimum atomic E-state index is -3.23. The van der Waals surface area contributed by atoms with Gasteiger partial charge in [0.25, 0.3) is 0 Å². The molecule has 1 fully saturated rings. The number of benzene rings is 1. The van der Waals surface area contributed by atoms with Crippen LogP contribution in [0.25, 0.3) is 22.1 Å². The maximum Gasteiger partial charge on any atom is 0.226 e. The first kappa shape index (κ1) is 23.9. The molecule has 0 saturated carbocycles. The first-order valence-electron chi connectivity index (χ1n) is 10.9. The van der Waals surface area contributed by atoms with Crippen LogP contribution in [-0.4, -0.2) is 68.1 Å². The van der Waals surface area contributed by atoms with Crippen molar-refractivity contribution in [1.82, 2.24) is 34.2 Å². The zero-order chi connectivity index (χ0) is 24.7. The normalized spacial score (nSPS) is 16.6. The first-order valence-corrected chi connectivity index (χ1v) is 13.5. The third-order valence-electron chi connectivity index (χ3n) is 5.80. The number of halogens is 2. The minimum absolute atomic E-state index is 0.202. The van der Waals surface area contributed by atoms with Crippen LogP contribution in [0.3, 0.4) is 0 Å². The maximum atomic E-state index is 11.8. The van der Waals surface area contributed by atoms with Gasteiger partial charge in [-0.1, -0.05) is 17.7 Å². The molecule has 2 N–H and O–H groups in total. The first-order chi connectivity index (χ1) is 16.7. The topological polar surface area (TPSA) is 139 Å². The number of rotatable bonds is 6. The Morgan fingerprint density at radius 1 is 1.17 bits per heavy atom. The van der Waals surface area contributed by atoms with Gasteiger partial charge in [0.05, 0.1) is 28.2 Å². The van der Waals surface area contributed by atoms with Crippen molar-refractivity contribution in [3.05, 3.63) is 40.7 Å². The summed E-state index contributed by atoms with van der Waals surface area (Å²) in [6.07, 6.45) is 3.51. The van der Waals surface area contributed by atoms with Crippen LogP contribution >= 0.6 is 23.2 Å². The Labute approximate surface area is 211 Å². The van der Waals surface area contributed by atoms with Crippen molar-refractivity contribution in [3.63, 3.8) is 0 Å². The smallest absolute Gasteiger partial charge is 0.226 e. The lowest BCUT2D eigenvalue weighted by Crippen LogP contribution is -2.41. The Morgan fingerprint density at radius 3 is 2.69 bits per heavy atom. The molecule has 1 aliphatic rings. The highest BCUT2D eigenvalue weighted by atomic mass is 35.5. The molecule has 14 heteroatoms. The number of ether oxygens (including phenoxy) is 1. The quantitative estimate of drug-likeness (QED) is 0.353. The zero-order valence-electron chi connectivity index (χ0n) is 18.9. The lowest BCUT2D eigenvalue weighted by molar-refractivity contribution is 0.131. The second kappa shape index (κ2) is 9.34. The van der Waals surface area contributed by atoms with E-state index in [1.165, 1.54) is 16.9 Å². The minimum Gasteiger partial charge on any atom is -0.474 e. The largest absolute Gasteiger partial charge is 0.474 e. The fourth-order valence-electron chi connectivity index (χ4n) is 4.02. The predicted octanol–water partition coefficient (Wildman–Crippen LogP) is 3.58. The van der Waals surface area contributed by atoms with Crippen LogP contribution < -0.4 is 10.1 Å². The second-order valence-electron chi connectivity index (χ2n) is 8.31. The summed E-state index contributed by atoms with van der Waals surface area (Å²) in [6, 6.07) is 5.05. The molecule has 0 radical (unpaired) electrons. The van der Waals surface area contributed by atoms with Gasteiger partial charge in [-0.3, -0.25) is 0 Å². The van der Waals surface area contributed by atoms with E-state index < -0.39 is 10.0 Å². The van der Waals surface area contributed by atoms with Crippen LogP contribution in [0.1, 0.15) is 31.6 Å². The highest BCUT2D eigenvalue weighted by Crippen LogP contribution is 2.33. The molecule has 1 aromatic carbocycles. The molecule has 184 valence electrons. The number of sulfonamides is 1. The number of hydrogen-bond donors (Lipinski definition) is 2. The number of H-pyrrole nitrogens is 1. The molecule has 0 spiro atoms. The Balaban J connectivity index is 1.44. The molecule has 0 aliphatic carbocycles. The zero-order valence-corrected chi connectivity index (χ0v) is 21.2. The van der Waals surface area contributed by atoms with Gasteiger partial charge in [-0.05, 0) is 43.5 Å². The van der Waals surface area contributed by atoms with E-state index in [-0.39, 0.29) is 17.4 Å². The Kier molecular flexibility index (Phi) is 6.38. The summed E-state index contributed by atoms with van der Waals surface area (Å²) < 4.78 is 31.4. The molecule has 1 aliphatic heterocycles. The number of aromatic amines is 1. The van der Waals surface area contributed by atoms with Gasteiger partial charge in [0, 0.05) is 13.1 Å². The fourth-order valence-corrected chi connectivity index (χ4v) is 5.32. The Hall–Kier alpha value is -2.80. The van der Waals surface area contributed by atoms with Gasteiger partial charge in [0.1, 0.15) is 17.9 Å². The molecule has 3 aromatic heterocycles. The number of anilines is 1. The molecule has 4 heterocycles. The van der Waals surface area contributed by atoms with Gasteiger partial charge in [-0.15, -0.1) is 0 Å². The molecule has 5 rings (SSSR count). The van der Waals surface area contributed by atoms with Crippen LogP contribution in [0, 0.1) is 0 Å². The van der Waals surface area contributed by atoms with Gasteiger partial charge in [0.2, 0.25) is 21.2 Å². The van der Waals surface area contributed by atoms with Crippen LogP contribution in [-0.2, 0) is 10.0 Å². The van der Waals surface area contributed by atoms with E-state index in [0.717, 1.165) is 0 Å². The lowest BCUT2D eigenvalue weighted by atomic mass is 10.1. The molecule has 1 unspecified atom stereocenters. The molecule has 35 heavy (non-hydrogen) atoms. The van der Waals surface area contributed by atoms with Gasteiger partial charge >= 0.3 is 0 Å². The molecule has 1 atom stereocenters. The average molecular weight is 537 g/mol. The monoisotopic (exact) mass is 536 g/mol. The van der Waals surface area contributed by atoms with E-state index in [1.807, 2.05) is 19.1 Å². The van der Waals surface area contributed by atoms with Gasteiger partial charge < -0.3 is 15.0 Å². The van der Waals surface area contributed by atoms with Crippen LogP contribution in [0.15, 0.2) is 24.5 Å². The number of hydrogen-bond acceptors (Lipinski definition) is 9. The summed E-state index contributed by atoms with van der Waals surface area (Å²) in [5.74, 6) is 1.34. The lowest BCUT2D eigenvalue weighted by Gasteiger charge is -2.30. The predicted molar refractivity (Wildman–Crippen MR) is 133 cm³/mol. The Bertz CT molecular complexity index is 1510. The molecule has 1 saturated heterocycles. The van der Waals surface area contributed by atoms with Crippen molar-refractivity contribution in [2.45, 2.75) is 31.9 Å². The Morgan fingerprint density at radius 2 is 1.94 bits per heavy atom. The van der Waals surface area contributed by atoms with Crippen LogP contribution in [0.5, 0.6) is 5.88 Å². The van der Waals surface area contributed by atoms with Crippen molar-refractivity contribution in [2.75, 3.05) is 24.7 Å². The molecule has 11 nitrogen and oxygen atoms in total. The summed E-state index contributed by atoms with van der Waals surface area (Å²) in [5.41, 5.74) is 1.65. The second-order valence-corrected chi connectivity index (χ2v) is 11.1. The highest BCUT2D eigenvalue weighted by Gasteiger charge is 2.27. The molecule has 0 bridgehead atoms. The van der Waals surface area contributed by atoms with E-state index in [2.05, 4.69) is 25.3 Å². The van der Waals surface area contributed by atoms with Crippen molar-refractivity contribution in [2.24, 2.45) is 0 Å². The number of nitrogens with one attached hydrogen (secondary N) is 2. The van der Waals surface area contributed by atoms with Crippen molar-refractivity contribution >= 4 is 61.1 Å². The number of piperidine rings is 1. The maximum absolute atomic E-state index is 11.8. The third kappa shape index (κ3) is 4.96. The van der Waals surface area contributed by atoms with Crippen LogP contribution in [0.2, 0.25) is 10.3 Å². The highest BCUT2D eigenvalue weighted by molar-refractivity contribution is 7.88. The SMILES string of the molecule is CC(Nc1ncnc2nc(Cl)[nH]c12)c1nc(OC2CCN(S(C)(=O)=O)CC2)c2c(Cl)cccc2n1. The van der Waals surface area contributed by atoms with E-state index in [1.54, 1.807) is 6.07 Å². The molecule has 4 aromatic rings. The summed E-state index contributed by atoms with van der Waals surface area (Å²) in [4.78, 5) is 24.8. The number of nitrogens with zero attached hydrogens (tertiary/aromatic N) is 6. The van der Waals surface area contributed by atoms with Crippen molar-refractivity contribution in [3.8, 4) is 5.88 Å². The van der Waals surface area contributed by atoms with Gasteiger partial charge in [-0.25, -0.2) is 27.7 Å². The summed E-state index contributed by atoms with van der Waals surface area (Å²) in [5, 5.41) is 4.58. The molecular weight excluding hydrogens is 515 g/mol. The van der Waals surface area contributed by atoms with E-state index in [4.69, 9.17) is 37.9 Å². The van der Waals surface area contributed by atoms with Gasteiger partial charge in [-0.2, -0.15) is 9.97 Å². The van der Waals surface area contributed by atoms with Crippen LogP contribution in [0.4, 0.5) is 5.82 Å². The summed E-state index contributed by atoms with van der Waals surface area (Å²) in [7, 11) is -3.23. The van der Waals surface area contributed by atoms with E-state index >= 15 is 0 Å². The molecule has 0 amide bonds. The summed E-state index contributed by atoms with van der Waals surface area (Å²) in [6.45, 7) is 2.68. The van der Waals surface area contributed by atoms with Crippen molar-refractivity contribution < 1.29 is 13.2 Å². The van der Waals surface area contributed by atoms with E-state index in [9.17, 15) is 8.42 Å². The van der Waals surface area contributed by atoms with E-state index in [0.29, 0.717) is 70.5 Å². The fraction of sp³-hybridized carbons (Fsp3) is 0.381. The van der Waals surface area contributed by atoms with Crippen molar-refractivity contribution in [1.29, 1.82) is 0 Å². The van der Waals surface area contributed by atoms with Gasteiger partial charge in [0.15, 0.2) is 17.3 Å². The average Bonchev–Trinajstić information content (AvgIpc) is 3.20. The summed E-state index contributed by atoms with van der Waals surface area (Å²) >= 11 is 12.5. The standard InChI is InChI=1S/C21H22Cl2N8O3S/c1-11(26-18-16-19(25-10-24-18)30-21(23)28-16)17-27-14-5-3-4-13(22)15(14)20(29-17)34-12-6-8-31(9-7-12)35(2,32)33/h3-5,10-12H,6-9H2,1-2H3,(H2,24,25,26,28,30). The molecular formula is C21H22Cl2N8O3S.